The summed E-state index contributed by atoms with van der Waals surface area (Å²) in [4.78, 5) is 0. The van der Waals surface area contributed by atoms with Gasteiger partial charge in [-0.1, -0.05) is 6.07 Å². The van der Waals surface area contributed by atoms with Gasteiger partial charge in [0, 0.05) is 5.56 Å². The van der Waals surface area contributed by atoms with Crippen molar-refractivity contribution in [1.29, 1.82) is 0 Å². The number of benzene rings is 1. The SMILES string of the molecule is FC(F)(F)c1ccc(-c2ccoc2)c(C(F)(F)F)c1. The highest BCUT2D eigenvalue weighted by Gasteiger charge is 2.38. The van der Waals surface area contributed by atoms with Crippen molar-refractivity contribution in [3.8, 4) is 11.1 Å². The fourth-order valence-electron chi connectivity index (χ4n) is 1.62. The van der Waals surface area contributed by atoms with Gasteiger partial charge in [-0.2, -0.15) is 26.3 Å². The minimum absolute atomic E-state index is 0.0704. The quantitative estimate of drug-likeness (QED) is 0.671. The Kier molecular flexibility index (Phi) is 3.07. The summed E-state index contributed by atoms with van der Waals surface area (Å²) in [5, 5.41) is 0. The second-order valence-corrected chi connectivity index (χ2v) is 3.77. The van der Waals surface area contributed by atoms with E-state index in [4.69, 9.17) is 0 Å². The summed E-state index contributed by atoms with van der Waals surface area (Å²) in [7, 11) is 0. The molecule has 0 amide bonds. The molecule has 0 spiro atoms. The Morgan fingerprint density at radius 2 is 1.53 bits per heavy atom. The molecule has 1 nitrogen and oxygen atoms in total. The minimum Gasteiger partial charge on any atom is -0.472 e. The van der Waals surface area contributed by atoms with E-state index >= 15 is 0 Å². The predicted octanol–water partition coefficient (Wildman–Crippen LogP) is 4.98. The Bertz CT molecular complexity index is 565. The maximum atomic E-state index is 12.8. The van der Waals surface area contributed by atoms with Crippen molar-refractivity contribution < 1.29 is 30.8 Å². The molecule has 1 aromatic heterocycles. The van der Waals surface area contributed by atoms with Gasteiger partial charge in [-0.25, -0.2) is 0 Å². The second-order valence-electron chi connectivity index (χ2n) is 3.77. The highest BCUT2D eigenvalue weighted by atomic mass is 19.4. The van der Waals surface area contributed by atoms with Gasteiger partial charge in [-0.05, 0) is 23.8 Å². The fraction of sp³-hybridized carbons (Fsp3) is 0.167. The highest BCUT2D eigenvalue weighted by Crippen LogP contribution is 2.40. The average molecular weight is 280 g/mol. The van der Waals surface area contributed by atoms with E-state index in [2.05, 4.69) is 4.42 Å². The van der Waals surface area contributed by atoms with E-state index < -0.39 is 23.5 Å². The van der Waals surface area contributed by atoms with Gasteiger partial charge in [-0.15, -0.1) is 0 Å². The van der Waals surface area contributed by atoms with Gasteiger partial charge in [-0.3, -0.25) is 0 Å². The van der Waals surface area contributed by atoms with Gasteiger partial charge in [0.15, 0.2) is 0 Å². The van der Waals surface area contributed by atoms with Crippen LogP contribution in [0.25, 0.3) is 11.1 Å². The second kappa shape index (κ2) is 4.32. The highest BCUT2D eigenvalue weighted by molar-refractivity contribution is 5.67. The molecule has 2 rings (SSSR count). The van der Waals surface area contributed by atoms with Crippen LogP contribution in [0, 0.1) is 0 Å². The number of rotatable bonds is 1. The van der Waals surface area contributed by atoms with E-state index in [1.165, 1.54) is 6.07 Å². The molecule has 0 aliphatic carbocycles. The molecule has 0 atom stereocenters. The zero-order chi connectivity index (χ0) is 14.3. The molecule has 0 saturated carbocycles. The topological polar surface area (TPSA) is 13.1 Å². The summed E-state index contributed by atoms with van der Waals surface area (Å²) >= 11 is 0. The molecule has 2 aromatic rings. The van der Waals surface area contributed by atoms with E-state index in [1.807, 2.05) is 0 Å². The third-order valence-electron chi connectivity index (χ3n) is 2.48. The first-order valence-electron chi connectivity index (χ1n) is 5.00. The van der Waals surface area contributed by atoms with Crippen LogP contribution >= 0.6 is 0 Å². The Morgan fingerprint density at radius 3 is 2.00 bits per heavy atom. The normalized spacial score (nSPS) is 12.7. The summed E-state index contributed by atoms with van der Waals surface area (Å²) in [5.74, 6) is 0. The van der Waals surface area contributed by atoms with Gasteiger partial charge in [0.25, 0.3) is 0 Å². The number of furan rings is 1. The van der Waals surface area contributed by atoms with Gasteiger partial charge in [0.1, 0.15) is 0 Å². The average Bonchev–Trinajstić information content (AvgIpc) is 2.79. The number of alkyl halides is 6. The van der Waals surface area contributed by atoms with E-state index in [9.17, 15) is 26.3 Å². The van der Waals surface area contributed by atoms with Gasteiger partial charge in [0.05, 0.1) is 23.7 Å². The van der Waals surface area contributed by atoms with Crippen LogP contribution < -0.4 is 0 Å². The number of hydrogen-bond acceptors (Lipinski definition) is 1. The summed E-state index contributed by atoms with van der Waals surface area (Å²) in [5.41, 5.74) is -2.97. The van der Waals surface area contributed by atoms with Crippen molar-refractivity contribution in [2.45, 2.75) is 12.4 Å². The van der Waals surface area contributed by atoms with Crippen molar-refractivity contribution in [1.82, 2.24) is 0 Å². The fourth-order valence-corrected chi connectivity index (χ4v) is 1.62. The van der Waals surface area contributed by atoms with Crippen LogP contribution in [0.3, 0.4) is 0 Å². The lowest BCUT2D eigenvalue weighted by Gasteiger charge is -2.15. The maximum Gasteiger partial charge on any atom is 0.417 e. The van der Waals surface area contributed by atoms with Crippen molar-refractivity contribution >= 4 is 0 Å². The first kappa shape index (κ1) is 13.5. The first-order chi connectivity index (χ1) is 8.69. The Hall–Kier alpha value is -1.92. The number of hydrogen-bond donors (Lipinski definition) is 0. The standard InChI is InChI=1S/C12H6F6O/c13-11(14,15)8-1-2-9(7-3-4-19-6-7)10(5-8)12(16,17)18/h1-6H. The van der Waals surface area contributed by atoms with E-state index in [0.717, 1.165) is 18.6 Å². The van der Waals surface area contributed by atoms with Crippen LogP contribution in [-0.4, -0.2) is 0 Å². The molecule has 1 aromatic carbocycles. The molecule has 102 valence electrons. The Morgan fingerprint density at radius 1 is 0.842 bits per heavy atom. The molecule has 0 aliphatic rings. The van der Waals surface area contributed by atoms with Gasteiger partial charge >= 0.3 is 12.4 Å². The Balaban J connectivity index is 2.63. The molecule has 0 fully saturated rings. The van der Waals surface area contributed by atoms with Crippen LogP contribution in [-0.2, 0) is 12.4 Å². The van der Waals surface area contributed by atoms with Crippen LogP contribution in [0.4, 0.5) is 26.3 Å². The minimum atomic E-state index is -4.88. The molecule has 0 bridgehead atoms. The number of halogens is 6. The van der Waals surface area contributed by atoms with Crippen molar-refractivity contribution in [3.05, 3.63) is 47.9 Å². The van der Waals surface area contributed by atoms with Crippen molar-refractivity contribution in [2.75, 3.05) is 0 Å². The molecule has 0 saturated heterocycles. The molecule has 0 radical (unpaired) electrons. The molecular weight excluding hydrogens is 274 g/mol. The zero-order valence-electron chi connectivity index (χ0n) is 9.14. The van der Waals surface area contributed by atoms with Crippen LogP contribution in [0.1, 0.15) is 11.1 Å². The molecule has 19 heavy (non-hydrogen) atoms. The van der Waals surface area contributed by atoms with E-state index in [0.29, 0.717) is 6.07 Å². The lowest BCUT2D eigenvalue weighted by Crippen LogP contribution is -2.11. The maximum absolute atomic E-state index is 12.8. The monoisotopic (exact) mass is 280 g/mol. The van der Waals surface area contributed by atoms with Crippen LogP contribution in [0.2, 0.25) is 0 Å². The smallest absolute Gasteiger partial charge is 0.417 e. The van der Waals surface area contributed by atoms with E-state index in [-0.39, 0.29) is 17.2 Å². The summed E-state index contributed by atoms with van der Waals surface area (Å²) in [6.07, 6.45) is -7.52. The van der Waals surface area contributed by atoms with Gasteiger partial charge in [0.2, 0.25) is 0 Å². The predicted molar refractivity (Wildman–Crippen MR) is 54.1 cm³/mol. The Labute approximate surface area is 103 Å². The molecule has 0 N–H and O–H groups in total. The van der Waals surface area contributed by atoms with Gasteiger partial charge < -0.3 is 4.42 Å². The van der Waals surface area contributed by atoms with Crippen molar-refractivity contribution in [2.24, 2.45) is 0 Å². The van der Waals surface area contributed by atoms with Crippen LogP contribution in [0.15, 0.2) is 41.2 Å². The molecule has 1 heterocycles. The molecule has 7 heteroatoms. The zero-order valence-corrected chi connectivity index (χ0v) is 9.14. The lowest BCUT2D eigenvalue weighted by atomic mass is 9.99. The summed E-state index contributed by atoms with van der Waals surface area (Å²) in [6, 6.07) is 2.74. The van der Waals surface area contributed by atoms with Crippen LogP contribution in [0.5, 0.6) is 0 Å². The largest absolute Gasteiger partial charge is 0.472 e. The third-order valence-corrected chi connectivity index (χ3v) is 2.48. The first-order valence-corrected chi connectivity index (χ1v) is 5.00. The van der Waals surface area contributed by atoms with Crippen molar-refractivity contribution in [3.63, 3.8) is 0 Å². The van der Waals surface area contributed by atoms with E-state index in [1.54, 1.807) is 0 Å². The molecule has 0 unspecified atom stereocenters. The summed E-state index contributed by atoms with van der Waals surface area (Å²) < 4.78 is 80.4. The lowest BCUT2D eigenvalue weighted by molar-refractivity contribution is -0.142. The third kappa shape index (κ3) is 2.74. The molecular formula is C12H6F6O. The molecule has 0 aliphatic heterocycles. The summed E-state index contributed by atoms with van der Waals surface area (Å²) in [6.45, 7) is 0.